The number of thiazole rings is 1. The standard InChI is InChI=1S/C11H17N3S2/c1-7(2)8-9(10(12)15)16-11(13-8)14-5-3-4-6-14/h7H,3-6H2,1-2H3,(H2,12,15). The lowest BCUT2D eigenvalue weighted by molar-refractivity contribution is 0.823. The van der Waals surface area contributed by atoms with E-state index in [1.54, 1.807) is 11.3 Å². The summed E-state index contributed by atoms with van der Waals surface area (Å²) < 4.78 is 0. The SMILES string of the molecule is CC(C)c1nc(N2CCCC2)sc1C(N)=S. The molecule has 2 rings (SSSR count). The van der Waals surface area contributed by atoms with Crippen LogP contribution in [-0.4, -0.2) is 23.1 Å². The Bertz CT molecular complexity index is 392. The number of hydrogen-bond acceptors (Lipinski definition) is 4. The van der Waals surface area contributed by atoms with Crippen molar-refractivity contribution in [3.63, 3.8) is 0 Å². The minimum Gasteiger partial charge on any atom is -0.389 e. The van der Waals surface area contributed by atoms with Gasteiger partial charge in [-0.25, -0.2) is 4.98 Å². The fourth-order valence-electron chi connectivity index (χ4n) is 1.93. The zero-order valence-corrected chi connectivity index (χ0v) is 11.3. The van der Waals surface area contributed by atoms with Crippen molar-refractivity contribution < 1.29 is 0 Å². The van der Waals surface area contributed by atoms with Crippen LogP contribution in [0.25, 0.3) is 0 Å². The Morgan fingerprint density at radius 3 is 2.50 bits per heavy atom. The van der Waals surface area contributed by atoms with Crippen LogP contribution in [0.4, 0.5) is 5.13 Å². The molecule has 2 heterocycles. The monoisotopic (exact) mass is 255 g/mol. The third-order valence-electron chi connectivity index (χ3n) is 2.79. The molecule has 2 N–H and O–H groups in total. The van der Waals surface area contributed by atoms with Crippen molar-refractivity contribution in [2.75, 3.05) is 18.0 Å². The highest BCUT2D eigenvalue weighted by Crippen LogP contribution is 2.32. The molecule has 0 amide bonds. The number of thiocarbonyl (C=S) groups is 1. The lowest BCUT2D eigenvalue weighted by Gasteiger charge is -2.12. The molecule has 0 bridgehead atoms. The van der Waals surface area contributed by atoms with Crippen molar-refractivity contribution in [3.8, 4) is 0 Å². The summed E-state index contributed by atoms with van der Waals surface area (Å²) in [6.45, 7) is 6.48. The van der Waals surface area contributed by atoms with Crippen LogP contribution in [0, 0.1) is 0 Å². The molecule has 0 aliphatic carbocycles. The van der Waals surface area contributed by atoms with Gasteiger partial charge < -0.3 is 10.6 Å². The molecule has 1 fully saturated rings. The maximum atomic E-state index is 5.75. The third-order valence-corrected chi connectivity index (χ3v) is 4.29. The van der Waals surface area contributed by atoms with Gasteiger partial charge in [0.2, 0.25) is 0 Å². The first-order chi connectivity index (χ1) is 7.59. The van der Waals surface area contributed by atoms with Gasteiger partial charge in [0.25, 0.3) is 0 Å². The lowest BCUT2D eigenvalue weighted by atomic mass is 10.1. The van der Waals surface area contributed by atoms with Crippen molar-refractivity contribution in [2.45, 2.75) is 32.6 Å². The summed E-state index contributed by atoms with van der Waals surface area (Å²) in [5, 5.41) is 1.09. The van der Waals surface area contributed by atoms with Crippen molar-refractivity contribution >= 4 is 33.7 Å². The van der Waals surface area contributed by atoms with Gasteiger partial charge in [0.15, 0.2) is 5.13 Å². The Morgan fingerprint density at radius 2 is 2.06 bits per heavy atom. The molecule has 1 aromatic heterocycles. The molecule has 1 saturated heterocycles. The Hall–Kier alpha value is -0.680. The first kappa shape index (κ1) is 11.8. The van der Waals surface area contributed by atoms with Gasteiger partial charge in [-0.2, -0.15) is 0 Å². The van der Waals surface area contributed by atoms with Gasteiger partial charge in [-0.3, -0.25) is 0 Å². The Kier molecular flexibility index (Phi) is 3.44. The van der Waals surface area contributed by atoms with Crippen LogP contribution in [-0.2, 0) is 0 Å². The minimum atomic E-state index is 0.379. The predicted molar refractivity (Wildman–Crippen MR) is 73.5 cm³/mol. The number of aromatic nitrogens is 1. The molecule has 0 radical (unpaired) electrons. The number of hydrogen-bond donors (Lipinski definition) is 1. The number of anilines is 1. The molecule has 1 aromatic rings. The van der Waals surface area contributed by atoms with Crippen molar-refractivity contribution in [1.29, 1.82) is 0 Å². The summed E-state index contributed by atoms with van der Waals surface area (Å²) >= 11 is 6.73. The first-order valence-corrected chi connectivity index (χ1v) is 6.87. The summed E-state index contributed by atoms with van der Waals surface area (Å²) in [7, 11) is 0. The van der Waals surface area contributed by atoms with E-state index in [1.165, 1.54) is 12.8 Å². The average molecular weight is 255 g/mol. The Morgan fingerprint density at radius 1 is 1.44 bits per heavy atom. The molecule has 0 atom stereocenters. The van der Waals surface area contributed by atoms with Crippen LogP contribution >= 0.6 is 23.6 Å². The van der Waals surface area contributed by atoms with Gasteiger partial charge in [-0.05, 0) is 18.8 Å². The van der Waals surface area contributed by atoms with E-state index in [0.29, 0.717) is 10.9 Å². The fourth-order valence-corrected chi connectivity index (χ4v) is 3.29. The van der Waals surface area contributed by atoms with Crippen LogP contribution in [0.5, 0.6) is 0 Å². The van der Waals surface area contributed by atoms with Crippen molar-refractivity contribution in [1.82, 2.24) is 4.98 Å². The number of nitrogens with two attached hydrogens (primary N) is 1. The fraction of sp³-hybridized carbons (Fsp3) is 0.636. The van der Waals surface area contributed by atoms with E-state index in [0.717, 1.165) is 28.8 Å². The zero-order chi connectivity index (χ0) is 11.7. The van der Waals surface area contributed by atoms with E-state index < -0.39 is 0 Å². The molecule has 88 valence electrons. The maximum absolute atomic E-state index is 5.75. The molecule has 0 saturated carbocycles. The Labute approximate surface area is 106 Å². The van der Waals surface area contributed by atoms with E-state index >= 15 is 0 Å². The topological polar surface area (TPSA) is 42.2 Å². The van der Waals surface area contributed by atoms with Crippen LogP contribution in [0.1, 0.15) is 43.2 Å². The van der Waals surface area contributed by atoms with Crippen molar-refractivity contribution in [2.24, 2.45) is 5.73 Å². The Balaban J connectivity index is 2.34. The van der Waals surface area contributed by atoms with Gasteiger partial charge in [-0.15, -0.1) is 0 Å². The number of rotatable bonds is 3. The zero-order valence-electron chi connectivity index (χ0n) is 9.69. The number of nitrogens with zero attached hydrogens (tertiary/aromatic N) is 2. The maximum Gasteiger partial charge on any atom is 0.186 e. The normalized spacial score (nSPS) is 16.1. The highest BCUT2D eigenvalue weighted by molar-refractivity contribution is 7.81. The van der Waals surface area contributed by atoms with Crippen LogP contribution in [0.2, 0.25) is 0 Å². The van der Waals surface area contributed by atoms with E-state index in [4.69, 9.17) is 18.0 Å². The molecule has 16 heavy (non-hydrogen) atoms. The van der Waals surface area contributed by atoms with Gasteiger partial charge in [0.1, 0.15) is 4.99 Å². The highest BCUT2D eigenvalue weighted by Gasteiger charge is 2.21. The van der Waals surface area contributed by atoms with Gasteiger partial charge in [0.05, 0.1) is 10.6 Å². The average Bonchev–Trinajstić information content (AvgIpc) is 2.86. The smallest absolute Gasteiger partial charge is 0.186 e. The summed E-state index contributed by atoms with van der Waals surface area (Å²) in [6.07, 6.45) is 2.53. The second-order valence-electron chi connectivity index (χ2n) is 4.42. The highest BCUT2D eigenvalue weighted by atomic mass is 32.1. The van der Waals surface area contributed by atoms with E-state index in [2.05, 4.69) is 23.7 Å². The lowest BCUT2D eigenvalue weighted by Crippen LogP contribution is -2.17. The van der Waals surface area contributed by atoms with Crippen LogP contribution < -0.4 is 10.6 Å². The minimum absolute atomic E-state index is 0.379. The molecule has 1 aliphatic heterocycles. The molecular weight excluding hydrogens is 238 g/mol. The summed E-state index contributed by atoms with van der Waals surface area (Å²) in [5.41, 5.74) is 6.80. The van der Waals surface area contributed by atoms with Crippen molar-refractivity contribution in [3.05, 3.63) is 10.6 Å². The molecule has 5 heteroatoms. The van der Waals surface area contributed by atoms with E-state index in [-0.39, 0.29) is 0 Å². The predicted octanol–water partition coefficient (Wildman–Crippen LogP) is 2.50. The molecule has 0 aromatic carbocycles. The van der Waals surface area contributed by atoms with E-state index in [1.807, 2.05) is 0 Å². The van der Waals surface area contributed by atoms with Gasteiger partial charge in [-0.1, -0.05) is 37.4 Å². The first-order valence-electron chi connectivity index (χ1n) is 5.65. The molecule has 0 unspecified atom stereocenters. The summed E-state index contributed by atoms with van der Waals surface area (Å²) in [6, 6.07) is 0. The summed E-state index contributed by atoms with van der Waals surface area (Å²) in [5.74, 6) is 0.379. The largest absolute Gasteiger partial charge is 0.389 e. The molecule has 0 spiro atoms. The van der Waals surface area contributed by atoms with Crippen LogP contribution in [0.15, 0.2) is 0 Å². The third kappa shape index (κ3) is 2.20. The summed E-state index contributed by atoms with van der Waals surface area (Å²) in [4.78, 5) is 8.49. The molecule has 1 aliphatic rings. The second-order valence-corrected chi connectivity index (χ2v) is 5.84. The van der Waals surface area contributed by atoms with Crippen LogP contribution in [0.3, 0.4) is 0 Å². The molecular formula is C11H17N3S2. The van der Waals surface area contributed by atoms with Gasteiger partial charge >= 0.3 is 0 Å². The second kappa shape index (κ2) is 4.67. The van der Waals surface area contributed by atoms with E-state index in [9.17, 15) is 0 Å². The quantitative estimate of drug-likeness (QED) is 0.843. The van der Waals surface area contributed by atoms with Gasteiger partial charge in [0, 0.05) is 13.1 Å². The molecule has 3 nitrogen and oxygen atoms in total.